The van der Waals surface area contributed by atoms with Crippen LogP contribution < -0.4 is 5.73 Å². The quantitative estimate of drug-likeness (QED) is 0.302. The maximum atomic E-state index is 12.5. The number of aromatic nitrogens is 1. The highest BCUT2D eigenvalue weighted by Crippen LogP contribution is 2.39. The van der Waals surface area contributed by atoms with Crippen LogP contribution >= 0.6 is 23.2 Å². The SMILES string of the molecule is CS(=O)(=O)c1ccccc1Cn1c2cc(-c3c(Cl)cccc3Cl)c[c]c2c2c(C(N)=O)cccc21. The minimum atomic E-state index is -3.46. The Morgan fingerprint density at radius 1 is 0.971 bits per heavy atom. The molecule has 1 amide bonds. The first kappa shape index (κ1) is 23.4. The number of benzene rings is 4. The van der Waals surface area contributed by atoms with Gasteiger partial charge in [0.05, 0.1) is 15.9 Å². The minimum absolute atomic E-state index is 0.246. The van der Waals surface area contributed by atoms with Crippen LogP contribution in [0.2, 0.25) is 10.0 Å². The van der Waals surface area contributed by atoms with Crippen molar-refractivity contribution in [2.75, 3.05) is 6.26 Å². The average Bonchev–Trinajstić information content (AvgIpc) is 3.12. The Hall–Kier alpha value is -3.32. The minimum Gasteiger partial charge on any atom is -0.366 e. The third-order valence-corrected chi connectivity index (χ3v) is 7.84. The predicted molar refractivity (Wildman–Crippen MR) is 141 cm³/mol. The van der Waals surface area contributed by atoms with Crippen LogP contribution in [0.5, 0.6) is 0 Å². The zero-order valence-corrected chi connectivity index (χ0v) is 20.9. The topological polar surface area (TPSA) is 82.2 Å². The van der Waals surface area contributed by atoms with Crippen LogP contribution in [0, 0.1) is 6.07 Å². The lowest BCUT2D eigenvalue weighted by atomic mass is 10.0. The number of nitrogens with two attached hydrogens (primary N) is 1. The van der Waals surface area contributed by atoms with Crippen LogP contribution in [-0.4, -0.2) is 25.1 Å². The van der Waals surface area contributed by atoms with Gasteiger partial charge in [-0.1, -0.05) is 53.5 Å². The summed E-state index contributed by atoms with van der Waals surface area (Å²) in [5.74, 6) is -0.558. The fourth-order valence-electron chi connectivity index (χ4n) is 4.52. The van der Waals surface area contributed by atoms with Crippen molar-refractivity contribution in [3.63, 3.8) is 0 Å². The summed E-state index contributed by atoms with van der Waals surface area (Å²) >= 11 is 12.9. The summed E-state index contributed by atoms with van der Waals surface area (Å²) in [6, 6.07) is 24.5. The summed E-state index contributed by atoms with van der Waals surface area (Å²) in [6.07, 6.45) is 1.19. The smallest absolute Gasteiger partial charge is 0.249 e. The van der Waals surface area contributed by atoms with Crippen molar-refractivity contribution in [3.05, 3.63) is 100 Å². The molecule has 8 heteroatoms. The lowest BCUT2D eigenvalue weighted by Crippen LogP contribution is -2.11. The number of hydrogen-bond acceptors (Lipinski definition) is 3. The van der Waals surface area contributed by atoms with Crippen LogP contribution in [0.3, 0.4) is 0 Å². The predicted octanol–water partition coefficient (Wildman–Crippen LogP) is 6.12. The van der Waals surface area contributed by atoms with Crippen molar-refractivity contribution < 1.29 is 13.2 Å². The number of fused-ring (bicyclic) bond motifs is 3. The second-order valence-corrected chi connectivity index (χ2v) is 11.1. The number of halogens is 2. The van der Waals surface area contributed by atoms with Gasteiger partial charge in [-0.05, 0) is 59.7 Å². The van der Waals surface area contributed by atoms with Gasteiger partial charge in [-0.15, -0.1) is 0 Å². The van der Waals surface area contributed by atoms with Gasteiger partial charge in [0.15, 0.2) is 9.84 Å². The molecule has 35 heavy (non-hydrogen) atoms. The van der Waals surface area contributed by atoms with Gasteiger partial charge in [-0.25, -0.2) is 8.42 Å². The van der Waals surface area contributed by atoms with Gasteiger partial charge in [0, 0.05) is 44.7 Å². The molecule has 0 aliphatic heterocycles. The van der Waals surface area contributed by atoms with E-state index in [4.69, 9.17) is 28.9 Å². The van der Waals surface area contributed by atoms with Crippen molar-refractivity contribution in [2.24, 2.45) is 5.73 Å². The van der Waals surface area contributed by atoms with E-state index in [-0.39, 0.29) is 11.4 Å². The first-order chi connectivity index (χ1) is 16.7. The fourth-order valence-corrected chi connectivity index (χ4v) is 6.07. The first-order valence-electron chi connectivity index (χ1n) is 10.7. The largest absolute Gasteiger partial charge is 0.366 e. The molecule has 0 aliphatic rings. The Kier molecular flexibility index (Phi) is 5.83. The van der Waals surface area contributed by atoms with E-state index < -0.39 is 15.7 Å². The maximum Gasteiger partial charge on any atom is 0.249 e. The van der Waals surface area contributed by atoms with Gasteiger partial charge < -0.3 is 10.3 Å². The number of rotatable bonds is 5. The summed E-state index contributed by atoms with van der Waals surface area (Å²) in [5.41, 5.74) is 9.57. The molecular formula is C27H19Cl2N2O3S. The van der Waals surface area contributed by atoms with Gasteiger partial charge in [0.1, 0.15) is 0 Å². The van der Waals surface area contributed by atoms with Crippen molar-refractivity contribution in [3.8, 4) is 11.1 Å². The molecule has 1 heterocycles. The van der Waals surface area contributed by atoms with Gasteiger partial charge in [-0.2, -0.15) is 0 Å². The van der Waals surface area contributed by atoms with Crippen molar-refractivity contribution in [1.29, 1.82) is 0 Å². The number of amides is 1. The molecule has 5 rings (SSSR count). The maximum absolute atomic E-state index is 12.5. The zero-order chi connectivity index (χ0) is 24.9. The van der Waals surface area contributed by atoms with Crippen LogP contribution in [0.1, 0.15) is 15.9 Å². The number of nitrogens with zero attached hydrogens (tertiary/aromatic N) is 1. The molecule has 0 unspecified atom stereocenters. The van der Waals surface area contributed by atoms with Crippen LogP contribution in [-0.2, 0) is 16.4 Å². The van der Waals surface area contributed by atoms with E-state index in [2.05, 4.69) is 6.07 Å². The van der Waals surface area contributed by atoms with Crippen LogP contribution in [0.15, 0.2) is 77.7 Å². The van der Waals surface area contributed by atoms with Gasteiger partial charge in [0.2, 0.25) is 5.91 Å². The number of carbonyl (C=O) groups is 1. The Morgan fingerprint density at radius 2 is 1.66 bits per heavy atom. The molecule has 0 atom stereocenters. The molecule has 1 radical (unpaired) electrons. The highest BCUT2D eigenvalue weighted by molar-refractivity contribution is 7.90. The molecule has 0 saturated heterocycles. The van der Waals surface area contributed by atoms with E-state index in [1.807, 2.05) is 16.7 Å². The summed E-state index contributed by atoms with van der Waals surface area (Å²) in [7, 11) is -3.46. The van der Waals surface area contributed by atoms with E-state index >= 15 is 0 Å². The third kappa shape index (κ3) is 4.08. The molecule has 5 aromatic rings. The zero-order valence-electron chi connectivity index (χ0n) is 18.5. The number of primary amides is 1. The Balaban J connectivity index is 1.85. The van der Waals surface area contributed by atoms with Crippen LogP contribution in [0.25, 0.3) is 32.9 Å². The lowest BCUT2D eigenvalue weighted by Gasteiger charge is -2.13. The highest BCUT2D eigenvalue weighted by atomic mass is 35.5. The Bertz CT molecular complexity index is 1740. The highest BCUT2D eigenvalue weighted by Gasteiger charge is 2.20. The van der Waals surface area contributed by atoms with E-state index in [1.54, 1.807) is 60.7 Å². The van der Waals surface area contributed by atoms with Gasteiger partial charge in [0.25, 0.3) is 0 Å². The van der Waals surface area contributed by atoms with Gasteiger partial charge >= 0.3 is 0 Å². The summed E-state index contributed by atoms with van der Waals surface area (Å²) < 4.78 is 26.9. The summed E-state index contributed by atoms with van der Waals surface area (Å²) in [6.45, 7) is 0.249. The molecule has 5 nitrogen and oxygen atoms in total. The molecule has 0 spiro atoms. The van der Waals surface area contributed by atoms with E-state index in [1.165, 1.54) is 6.26 Å². The van der Waals surface area contributed by atoms with Crippen molar-refractivity contribution in [2.45, 2.75) is 11.4 Å². The molecule has 0 aliphatic carbocycles. The molecule has 0 saturated carbocycles. The van der Waals surface area contributed by atoms with E-state index in [0.29, 0.717) is 37.5 Å². The van der Waals surface area contributed by atoms with E-state index in [9.17, 15) is 13.2 Å². The summed E-state index contributed by atoms with van der Waals surface area (Å²) in [5, 5.41) is 2.34. The first-order valence-corrected chi connectivity index (χ1v) is 13.3. The Morgan fingerprint density at radius 3 is 2.34 bits per heavy atom. The van der Waals surface area contributed by atoms with Crippen LogP contribution in [0.4, 0.5) is 0 Å². The average molecular weight is 522 g/mol. The third-order valence-electron chi connectivity index (χ3n) is 6.01. The monoisotopic (exact) mass is 521 g/mol. The molecule has 1 aromatic heterocycles. The molecule has 0 bridgehead atoms. The number of sulfone groups is 1. The Labute approximate surface area is 212 Å². The number of carbonyl (C=O) groups excluding carboxylic acids is 1. The van der Waals surface area contributed by atoms with E-state index in [0.717, 1.165) is 16.6 Å². The van der Waals surface area contributed by atoms with Crippen molar-refractivity contribution in [1.82, 2.24) is 4.57 Å². The summed E-state index contributed by atoms with van der Waals surface area (Å²) in [4.78, 5) is 12.5. The molecule has 4 aromatic carbocycles. The standard InChI is InChI=1S/C27H19Cl2N2O3S/c1-35(33,34)24-11-3-2-6-17(24)15-31-22-10-4-7-19(27(30)32)26(22)18-13-12-16(14-23(18)31)25-20(28)8-5-9-21(25)29/h2-12,14H,15H2,1H3,(H2,30,32). The fraction of sp³-hybridized carbons (Fsp3) is 0.0741. The number of hydrogen-bond donors (Lipinski definition) is 1. The van der Waals surface area contributed by atoms with Gasteiger partial charge in [-0.3, -0.25) is 4.79 Å². The lowest BCUT2D eigenvalue weighted by molar-refractivity contribution is 0.100. The molecule has 175 valence electrons. The normalized spacial score (nSPS) is 11.9. The molecule has 2 N–H and O–H groups in total. The second-order valence-electron chi connectivity index (χ2n) is 8.28. The molecular weight excluding hydrogens is 503 g/mol. The molecule has 0 fully saturated rings. The second kappa shape index (κ2) is 8.72. The van der Waals surface area contributed by atoms with Crippen molar-refractivity contribution >= 4 is 60.8 Å².